The van der Waals surface area contributed by atoms with Crippen LogP contribution in [0.25, 0.3) is 11.0 Å². The van der Waals surface area contributed by atoms with Gasteiger partial charge in [-0.15, -0.1) is 0 Å². The Hall–Kier alpha value is -2.37. The molecule has 1 fully saturated rings. The third-order valence-electron chi connectivity index (χ3n) is 3.44. The fraction of sp³-hybridized carbons (Fsp3) is 0.286. The Morgan fingerprint density at radius 3 is 3.05 bits per heavy atom. The molecule has 20 heavy (non-hydrogen) atoms. The number of nitrogens with two attached hydrogens (primary N) is 1. The maximum absolute atomic E-state index is 11.5. The standard InChI is InChI=1S/C14H15N4O2/c1-20-12-5-4-9-13(17-12)10(6-7-16-9)18-8-2-3-11(18)14(15)19/h3-7,11H,2,8H2,1H3,(H2,15,19)/t11-/m1/s1. The molecular weight excluding hydrogens is 256 g/mol. The molecular formula is C14H15N4O2. The summed E-state index contributed by atoms with van der Waals surface area (Å²) in [5, 5.41) is 0. The van der Waals surface area contributed by atoms with E-state index >= 15 is 0 Å². The summed E-state index contributed by atoms with van der Waals surface area (Å²) in [6.45, 7) is 0.742. The summed E-state index contributed by atoms with van der Waals surface area (Å²) in [7, 11) is 1.57. The monoisotopic (exact) mass is 271 g/mol. The van der Waals surface area contributed by atoms with E-state index in [2.05, 4.69) is 9.97 Å². The molecule has 2 N–H and O–H groups in total. The Balaban J connectivity index is 2.13. The summed E-state index contributed by atoms with van der Waals surface area (Å²) >= 11 is 0. The maximum atomic E-state index is 11.5. The summed E-state index contributed by atoms with van der Waals surface area (Å²) in [4.78, 5) is 22.2. The number of hydrogen-bond acceptors (Lipinski definition) is 5. The lowest BCUT2D eigenvalue weighted by molar-refractivity contribution is -0.118. The van der Waals surface area contributed by atoms with Crippen molar-refractivity contribution < 1.29 is 9.53 Å². The van der Waals surface area contributed by atoms with Crippen molar-refractivity contribution in [2.75, 3.05) is 18.6 Å². The van der Waals surface area contributed by atoms with Gasteiger partial charge in [0.15, 0.2) is 0 Å². The predicted molar refractivity (Wildman–Crippen MR) is 75.3 cm³/mol. The lowest BCUT2D eigenvalue weighted by Crippen LogP contribution is -2.40. The molecule has 1 aliphatic rings. The molecule has 2 aromatic rings. The average molecular weight is 271 g/mol. The largest absolute Gasteiger partial charge is 0.481 e. The van der Waals surface area contributed by atoms with Crippen molar-refractivity contribution in [3.05, 3.63) is 30.8 Å². The molecule has 0 saturated carbocycles. The van der Waals surface area contributed by atoms with Gasteiger partial charge in [0.2, 0.25) is 11.8 Å². The molecule has 1 saturated heterocycles. The first kappa shape index (κ1) is 12.7. The van der Waals surface area contributed by atoms with Crippen LogP contribution in [0.3, 0.4) is 0 Å². The molecule has 2 aromatic heterocycles. The Morgan fingerprint density at radius 1 is 1.45 bits per heavy atom. The number of aromatic nitrogens is 2. The second-order valence-electron chi connectivity index (χ2n) is 4.62. The highest BCUT2D eigenvalue weighted by Crippen LogP contribution is 2.30. The number of primary amides is 1. The van der Waals surface area contributed by atoms with Crippen LogP contribution >= 0.6 is 0 Å². The summed E-state index contributed by atoms with van der Waals surface area (Å²) < 4.78 is 5.16. The number of amides is 1. The number of pyridine rings is 2. The summed E-state index contributed by atoms with van der Waals surface area (Å²) in [5.41, 5.74) is 7.78. The molecule has 1 atom stereocenters. The van der Waals surface area contributed by atoms with Crippen LogP contribution in [0.1, 0.15) is 6.42 Å². The van der Waals surface area contributed by atoms with E-state index in [4.69, 9.17) is 10.5 Å². The normalized spacial score (nSPS) is 18.4. The van der Waals surface area contributed by atoms with Gasteiger partial charge in [0.25, 0.3) is 0 Å². The van der Waals surface area contributed by atoms with Crippen LogP contribution in [0.4, 0.5) is 5.69 Å². The van der Waals surface area contributed by atoms with E-state index in [-0.39, 0.29) is 5.91 Å². The molecule has 0 spiro atoms. The summed E-state index contributed by atoms with van der Waals surface area (Å²) in [6, 6.07) is 5.07. The first-order valence-corrected chi connectivity index (χ1v) is 6.40. The number of carbonyl (C=O) groups excluding carboxylic acids is 1. The van der Waals surface area contributed by atoms with Crippen LogP contribution in [0, 0.1) is 6.42 Å². The third kappa shape index (κ3) is 2.03. The number of carbonyl (C=O) groups is 1. The number of ether oxygens (including phenoxy) is 1. The molecule has 6 nitrogen and oxygen atoms in total. The SMILES string of the molecule is COc1ccc2nccc(N3CC[CH][C@@H]3C(N)=O)c2n1. The van der Waals surface area contributed by atoms with Crippen LogP contribution in [0.2, 0.25) is 0 Å². The minimum atomic E-state index is -0.395. The number of hydrogen-bond donors (Lipinski definition) is 1. The lowest BCUT2D eigenvalue weighted by atomic mass is 10.2. The van der Waals surface area contributed by atoms with Crippen LogP contribution < -0.4 is 15.4 Å². The molecule has 0 bridgehead atoms. The van der Waals surface area contributed by atoms with Crippen LogP contribution in [0.5, 0.6) is 5.88 Å². The topological polar surface area (TPSA) is 81.3 Å². The zero-order valence-electron chi connectivity index (χ0n) is 11.1. The molecule has 1 aliphatic heterocycles. The van der Waals surface area contributed by atoms with Gasteiger partial charge >= 0.3 is 0 Å². The molecule has 103 valence electrons. The van der Waals surface area contributed by atoms with Gasteiger partial charge in [-0.05, 0) is 25.0 Å². The van der Waals surface area contributed by atoms with Crippen molar-refractivity contribution in [2.45, 2.75) is 12.5 Å². The highest BCUT2D eigenvalue weighted by molar-refractivity contribution is 5.93. The zero-order chi connectivity index (χ0) is 14.1. The zero-order valence-corrected chi connectivity index (χ0v) is 11.1. The van der Waals surface area contributed by atoms with Gasteiger partial charge < -0.3 is 15.4 Å². The fourth-order valence-electron chi connectivity index (χ4n) is 2.52. The van der Waals surface area contributed by atoms with E-state index in [0.29, 0.717) is 11.4 Å². The molecule has 1 amide bonds. The maximum Gasteiger partial charge on any atom is 0.240 e. The van der Waals surface area contributed by atoms with E-state index in [9.17, 15) is 4.79 Å². The number of rotatable bonds is 3. The van der Waals surface area contributed by atoms with Crippen LogP contribution in [0.15, 0.2) is 24.4 Å². The molecule has 3 rings (SSSR count). The van der Waals surface area contributed by atoms with Gasteiger partial charge in [0, 0.05) is 18.8 Å². The van der Waals surface area contributed by atoms with E-state index in [1.54, 1.807) is 19.4 Å². The van der Waals surface area contributed by atoms with E-state index < -0.39 is 6.04 Å². The second kappa shape index (κ2) is 4.96. The smallest absolute Gasteiger partial charge is 0.240 e. The predicted octanol–water partition coefficient (Wildman–Crippen LogP) is 0.907. The number of nitrogens with zero attached hydrogens (tertiary/aromatic N) is 3. The van der Waals surface area contributed by atoms with Gasteiger partial charge in [-0.3, -0.25) is 9.78 Å². The van der Waals surface area contributed by atoms with Crippen molar-refractivity contribution in [3.8, 4) is 5.88 Å². The number of methoxy groups -OCH3 is 1. The second-order valence-corrected chi connectivity index (χ2v) is 4.62. The summed E-state index contributed by atoms with van der Waals surface area (Å²) in [5.74, 6) is 0.168. The van der Waals surface area contributed by atoms with E-state index in [1.165, 1.54) is 0 Å². The van der Waals surface area contributed by atoms with Gasteiger partial charge in [0.1, 0.15) is 11.6 Å². The molecule has 0 aromatic carbocycles. The third-order valence-corrected chi connectivity index (χ3v) is 3.44. The first-order chi connectivity index (χ1) is 9.70. The fourth-order valence-corrected chi connectivity index (χ4v) is 2.52. The Morgan fingerprint density at radius 2 is 2.30 bits per heavy atom. The molecule has 6 heteroatoms. The number of fused-ring (bicyclic) bond motifs is 1. The Bertz CT molecular complexity index is 659. The van der Waals surface area contributed by atoms with Crippen molar-refractivity contribution in [3.63, 3.8) is 0 Å². The molecule has 3 heterocycles. The van der Waals surface area contributed by atoms with Crippen molar-refractivity contribution >= 4 is 22.6 Å². The van der Waals surface area contributed by atoms with Gasteiger partial charge in [-0.25, -0.2) is 4.98 Å². The molecule has 0 unspecified atom stereocenters. The minimum absolute atomic E-state index is 0.352. The van der Waals surface area contributed by atoms with E-state index in [0.717, 1.165) is 24.2 Å². The molecule has 1 radical (unpaired) electrons. The van der Waals surface area contributed by atoms with E-state index in [1.807, 2.05) is 23.5 Å². The quantitative estimate of drug-likeness (QED) is 0.897. The van der Waals surface area contributed by atoms with Crippen LogP contribution in [-0.4, -0.2) is 35.6 Å². The Labute approximate surface area is 116 Å². The average Bonchev–Trinajstić information content (AvgIpc) is 2.95. The highest BCUT2D eigenvalue weighted by atomic mass is 16.5. The lowest BCUT2D eigenvalue weighted by Gasteiger charge is -2.25. The summed E-state index contributed by atoms with van der Waals surface area (Å²) in [6.07, 6.45) is 4.46. The highest BCUT2D eigenvalue weighted by Gasteiger charge is 2.30. The van der Waals surface area contributed by atoms with Gasteiger partial charge in [0.05, 0.1) is 18.3 Å². The molecule has 0 aliphatic carbocycles. The van der Waals surface area contributed by atoms with Crippen molar-refractivity contribution in [2.24, 2.45) is 5.73 Å². The first-order valence-electron chi connectivity index (χ1n) is 6.40. The number of anilines is 1. The Kier molecular flexibility index (Phi) is 3.14. The minimum Gasteiger partial charge on any atom is -0.481 e. The van der Waals surface area contributed by atoms with Crippen LogP contribution in [-0.2, 0) is 4.79 Å². The van der Waals surface area contributed by atoms with Crippen molar-refractivity contribution in [1.82, 2.24) is 9.97 Å². The van der Waals surface area contributed by atoms with Crippen molar-refractivity contribution in [1.29, 1.82) is 0 Å². The van der Waals surface area contributed by atoms with Gasteiger partial charge in [-0.1, -0.05) is 0 Å². The van der Waals surface area contributed by atoms with Gasteiger partial charge in [-0.2, -0.15) is 0 Å².